The summed E-state index contributed by atoms with van der Waals surface area (Å²) >= 11 is 0. The van der Waals surface area contributed by atoms with Crippen molar-refractivity contribution in [2.75, 3.05) is 26.4 Å². The maximum atomic E-state index is 12.0. The predicted molar refractivity (Wildman–Crippen MR) is 105 cm³/mol. The topological polar surface area (TPSA) is 94.5 Å². The van der Waals surface area contributed by atoms with E-state index in [1.807, 2.05) is 13.8 Å². The Morgan fingerprint density at radius 3 is 1.89 bits per heavy atom. The third-order valence-electron chi connectivity index (χ3n) is 3.83. The Morgan fingerprint density at radius 1 is 0.821 bits per heavy atom. The standard InChI is InChI=1S/C20H26O7Si/c1-3-25-28(26-4-2,15-16-5-9-18(21)10-6-16)27-14-13-24-20(23)17-7-11-19(22)12-8-17/h5-12,21-22H,3-4,13-15H2,1-2H3. The van der Waals surface area contributed by atoms with Crippen molar-refractivity contribution in [3.63, 3.8) is 0 Å². The summed E-state index contributed by atoms with van der Waals surface area (Å²) in [6, 6.07) is 13.1. The summed E-state index contributed by atoms with van der Waals surface area (Å²) in [6.07, 6.45) is 0. The van der Waals surface area contributed by atoms with E-state index in [0.29, 0.717) is 24.8 Å². The zero-order valence-electron chi connectivity index (χ0n) is 16.1. The van der Waals surface area contributed by atoms with Crippen LogP contribution in [0.15, 0.2) is 48.5 Å². The molecule has 0 aromatic heterocycles. The van der Waals surface area contributed by atoms with E-state index in [4.69, 9.17) is 18.0 Å². The molecule has 0 bridgehead atoms. The molecule has 0 atom stereocenters. The largest absolute Gasteiger partial charge is 0.508 e. The van der Waals surface area contributed by atoms with Crippen molar-refractivity contribution in [3.05, 3.63) is 59.7 Å². The van der Waals surface area contributed by atoms with Crippen LogP contribution in [0.4, 0.5) is 0 Å². The average molecular weight is 407 g/mol. The van der Waals surface area contributed by atoms with E-state index < -0.39 is 14.8 Å². The highest BCUT2D eigenvalue weighted by Gasteiger charge is 2.41. The fourth-order valence-electron chi connectivity index (χ4n) is 2.59. The van der Waals surface area contributed by atoms with Crippen molar-refractivity contribution < 1.29 is 33.0 Å². The van der Waals surface area contributed by atoms with Crippen LogP contribution in [-0.2, 0) is 24.1 Å². The number of hydrogen-bond donors (Lipinski definition) is 2. The van der Waals surface area contributed by atoms with Gasteiger partial charge >= 0.3 is 14.8 Å². The second-order valence-corrected chi connectivity index (χ2v) is 8.51. The Balaban J connectivity index is 1.94. The first-order chi connectivity index (χ1) is 13.5. The molecule has 7 nitrogen and oxygen atoms in total. The second-order valence-electron chi connectivity index (χ2n) is 5.92. The number of carbonyl (C=O) groups is 1. The summed E-state index contributed by atoms with van der Waals surface area (Å²) < 4.78 is 22.9. The molecule has 0 unspecified atom stereocenters. The first-order valence-electron chi connectivity index (χ1n) is 9.14. The van der Waals surface area contributed by atoms with Crippen LogP contribution in [0.3, 0.4) is 0 Å². The fourth-order valence-corrected chi connectivity index (χ4v) is 5.16. The van der Waals surface area contributed by atoms with Gasteiger partial charge in [0.2, 0.25) is 0 Å². The van der Waals surface area contributed by atoms with Crippen molar-refractivity contribution in [3.8, 4) is 11.5 Å². The molecule has 0 saturated heterocycles. The Hall–Kier alpha value is -2.39. The van der Waals surface area contributed by atoms with Gasteiger partial charge in [0.05, 0.1) is 12.2 Å². The highest BCUT2D eigenvalue weighted by atomic mass is 28.4. The number of phenols is 2. The number of rotatable bonds is 11. The normalized spacial score (nSPS) is 11.4. The average Bonchev–Trinajstić information content (AvgIpc) is 2.68. The van der Waals surface area contributed by atoms with E-state index in [1.165, 1.54) is 24.3 Å². The van der Waals surface area contributed by atoms with Gasteiger partial charge in [0.25, 0.3) is 0 Å². The molecule has 152 valence electrons. The van der Waals surface area contributed by atoms with Crippen LogP contribution >= 0.6 is 0 Å². The van der Waals surface area contributed by atoms with Gasteiger partial charge in [-0.1, -0.05) is 12.1 Å². The molecule has 2 rings (SSSR count). The van der Waals surface area contributed by atoms with Gasteiger partial charge in [-0.2, -0.15) is 0 Å². The number of esters is 1. The molecule has 0 aliphatic rings. The van der Waals surface area contributed by atoms with E-state index in [0.717, 1.165) is 5.56 Å². The molecular formula is C20H26O7Si. The summed E-state index contributed by atoms with van der Waals surface area (Å²) in [6.45, 7) is 4.77. The maximum absolute atomic E-state index is 12.0. The highest BCUT2D eigenvalue weighted by Crippen LogP contribution is 2.19. The van der Waals surface area contributed by atoms with E-state index in [9.17, 15) is 15.0 Å². The molecule has 2 N–H and O–H groups in total. The maximum Gasteiger partial charge on any atom is 0.505 e. The minimum Gasteiger partial charge on any atom is -0.508 e. The lowest BCUT2D eigenvalue weighted by Crippen LogP contribution is -2.49. The van der Waals surface area contributed by atoms with Crippen molar-refractivity contribution >= 4 is 14.8 Å². The molecule has 2 aromatic carbocycles. The third kappa shape index (κ3) is 6.65. The Labute approximate surface area is 165 Å². The molecule has 8 heteroatoms. The molecule has 0 aliphatic carbocycles. The van der Waals surface area contributed by atoms with Gasteiger partial charge < -0.3 is 28.2 Å². The van der Waals surface area contributed by atoms with Crippen molar-refractivity contribution in [1.82, 2.24) is 0 Å². The van der Waals surface area contributed by atoms with Gasteiger partial charge in [-0.25, -0.2) is 4.79 Å². The molecular weight excluding hydrogens is 380 g/mol. The minimum atomic E-state index is -3.02. The van der Waals surface area contributed by atoms with Gasteiger partial charge in [-0.15, -0.1) is 0 Å². The number of ether oxygens (including phenoxy) is 1. The van der Waals surface area contributed by atoms with E-state index >= 15 is 0 Å². The molecule has 0 heterocycles. The monoisotopic (exact) mass is 406 g/mol. The smallest absolute Gasteiger partial charge is 0.505 e. The van der Waals surface area contributed by atoms with Crippen LogP contribution in [0.1, 0.15) is 29.8 Å². The summed E-state index contributed by atoms with van der Waals surface area (Å²) in [5, 5.41) is 18.7. The van der Waals surface area contributed by atoms with Crippen LogP contribution in [0.2, 0.25) is 0 Å². The predicted octanol–water partition coefficient (Wildman–Crippen LogP) is 3.07. The number of carbonyl (C=O) groups excluding carboxylic acids is 1. The molecule has 0 amide bonds. The highest BCUT2D eigenvalue weighted by molar-refractivity contribution is 6.60. The van der Waals surface area contributed by atoms with Crippen molar-refractivity contribution in [2.24, 2.45) is 0 Å². The SMILES string of the molecule is CCO[Si](Cc1ccc(O)cc1)(OCC)OCCOC(=O)c1ccc(O)cc1. The van der Waals surface area contributed by atoms with E-state index in [1.54, 1.807) is 24.3 Å². The van der Waals surface area contributed by atoms with E-state index in [2.05, 4.69) is 0 Å². The Bertz CT molecular complexity index is 725. The van der Waals surface area contributed by atoms with Gasteiger partial charge in [0.1, 0.15) is 18.1 Å². The molecule has 2 aromatic rings. The zero-order valence-corrected chi connectivity index (χ0v) is 17.1. The molecule has 0 aliphatic heterocycles. The van der Waals surface area contributed by atoms with Crippen LogP contribution in [0.5, 0.6) is 11.5 Å². The third-order valence-corrected chi connectivity index (χ3v) is 6.77. The Morgan fingerprint density at radius 2 is 1.36 bits per heavy atom. The van der Waals surface area contributed by atoms with Crippen LogP contribution in [0, 0.1) is 0 Å². The molecule has 0 radical (unpaired) electrons. The molecule has 0 saturated carbocycles. The second kappa shape index (κ2) is 10.8. The first-order valence-corrected chi connectivity index (χ1v) is 11.1. The number of hydrogen-bond acceptors (Lipinski definition) is 7. The summed E-state index contributed by atoms with van der Waals surface area (Å²) in [5.74, 6) is -0.230. The minimum absolute atomic E-state index is 0.0458. The summed E-state index contributed by atoms with van der Waals surface area (Å²) in [5.41, 5.74) is 1.27. The lowest BCUT2D eigenvalue weighted by molar-refractivity contribution is 0.0265. The zero-order chi connectivity index (χ0) is 20.4. The van der Waals surface area contributed by atoms with Gasteiger partial charge in [0, 0.05) is 19.3 Å². The lowest BCUT2D eigenvalue weighted by atomic mass is 10.2. The van der Waals surface area contributed by atoms with Crippen LogP contribution in [-0.4, -0.2) is 51.4 Å². The molecule has 0 spiro atoms. The number of benzene rings is 2. The fraction of sp³-hybridized carbons (Fsp3) is 0.350. The van der Waals surface area contributed by atoms with Gasteiger partial charge in [-0.3, -0.25) is 0 Å². The molecule has 0 fully saturated rings. The van der Waals surface area contributed by atoms with Crippen molar-refractivity contribution in [2.45, 2.75) is 19.9 Å². The number of aromatic hydroxyl groups is 2. The quantitative estimate of drug-likeness (QED) is 0.336. The Kier molecular flexibility index (Phi) is 8.46. The van der Waals surface area contributed by atoms with Crippen LogP contribution in [0.25, 0.3) is 0 Å². The first kappa shape index (κ1) is 21.9. The van der Waals surface area contributed by atoms with Crippen molar-refractivity contribution in [1.29, 1.82) is 0 Å². The summed E-state index contributed by atoms with van der Waals surface area (Å²) in [4.78, 5) is 12.0. The number of phenolic OH excluding ortho intramolecular Hbond substituents is 2. The van der Waals surface area contributed by atoms with E-state index in [-0.39, 0.29) is 24.7 Å². The lowest BCUT2D eigenvalue weighted by Gasteiger charge is -2.29. The molecule has 28 heavy (non-hydrogen) atoms. The van der Waals surface area contributed by atoms with Gasteiger partial charge in [0.15, 0.2) is 0 Å². The van der Waals surface area contributed by atoms with Gasteiger partial charge in [-0.05, 0) is 55.8 Å². The van der Waals surface area contributed by atoms with Crippen LogP contribution < -0.4 is 0 Å². The summed E-state index contributed by atoms with van der Waals surface area (Å²) in [7, 11) is -3.02.